The number of ether oxygens (including phenoxy) is 2. The summed E-state index contributed by atoms with van der Waals surface area (Å²) in [6, 6.07) is 39.1. The highest BCUT2D eigenvalue weighted by Crippen LogP contribution is 2.49. The number of hydrogen-bond donors (Lipinski definition) is 0. The SMILES string of the molecule is COC(=O)[C@@H]1C2CCC(C[C@@H]1OC(=O)c1ccccc1)N2C(=O)CSC(c1ccccc1)(c1ccccc1)c1ccccc1. The van der Waals surface area contributed by atoms with Crippen molar-refractivity contribution in [3.8, 4) is 0 Å². The summed E-state index contributed by atoms with van der Waals surface area (Å²) in [4.78, 5) is 42.3. The minimum atomic E-state index is -0.748. The van der Waals surface area contributed by atoms with Gasteiger partial charge < -0.3 is 14.4 Å². The van der Waals surface area contributed by atoms with Gasteiger partial charge in [0.25, 0.3) is 0 Å². The summed E-state index contributed by atoms with van der Waals surface area (Å²) in [5.41, 5.74) is 3.67. The molecule has 224 valence electrons. The highest BCUT2D eigenvalue weighted by Gasteiger charge is 2.54. The third kappa shape index (κ3) is 5.64. The molecule has 4 aromatic carbocycles. The molecule has 0 spiro atoms. The number of methoxy groups -OCH3 is 1. The average Bonchev–Trinajstić information content (AvgIpc) is 3.40. The van der Waals surface area contributed by atoms with Crippen LogP contribution >= 0.6 is 11.8 Å². The molecule has 0 saturated carbocycles. The highest BCUT2D eigenvalue weighted by molar-refractivity contribution is 8.01. The molecule has 1 amide bonds. The van der Waals surface area contributed by atoms with Gasteiger partial charge >= 0.3 is 11.9 Å². The second-order valence-corrected chi connectivity index (χ2v) is 12.5. The van der Waals surface area contributed by atoms with Crippen molar-refractivity contribution < 1.29 is 23.9 Å². The van der Waals surface area contributed by atoms with Crippen molar-refractivity contribution in [1.82, 2.24) is 4.90 Å². The van der Waals surface area contributed by atoms with Gasteiger partial charge in [-0.1, -0.05) is 109 Å². The largest absolute Gasteiger partial charge is 0.469 e. The van der Waals surface area contributed by atoms with E-state index in [0.29, 0.717) is 18.4 Å². The Hall–Kier alpha value is -4.36. The van der Waals surface area contributed by atoms with E-state index in [4.69, 9.17) is 9.47 Å². The molecule has 6 nitrogen and oxygen atoms in total. The van der Waals surface area contributed by atoms with E-state index < -0.39 is 34.7 Å². The Morgan fingerprint density at radius 1 is 0.750 bits per heavy atom. The molecule has 2 saturated heterocycles. The topological polar surface area (TPSA) is 72.9 Å². The summed E-state index contributed by atoms with van der Waals surface area (Å²) < 4.78 is 10.5. The fourth-order valence-electron chi connectivity index (χ4n) is 6.91. The second-order valence-electron chi connectivity index (χ2n) is 11.3. The van der Waals surface area contributed by atoms with Gasteiger partial charge in [-0.05, 0) is 41.7 Å². The van der Waals surface area contributed by atoms with Gasteiger partial charge in [0.2, 0.25) is 5.91 Å². The van der Waals surface area contributed by atoms with Crippen LogP contribution in [0.1, 0.15) is 46.3 Å². The lowest BCUT2D eigenvalue weighted by Crippen LogP contribution is -2.57. The number of amides is 1. The minimum absolute atomic E-state index is 0.0311. The maximum Gasteiger partial charge on any atom is 0.338 e. The van der Waals surface area contributed by atoms with Crippen LogP contribution < -0.4 is 0 Å². The van der Waals surface area contributed by atoms with Gasteiger partial charge in [-0.25, -0.2) is 4.79 Å². The molecule has 4 aromatic rings. The third-order valence-electron chi connectivity index (χ3n) is 8.85. The maximum atomic E-state index is 14.3. The number of benzene rings is 4. The number of nitrogens with zero attached hydrogens (tertiary/aromatic N) is 1. The number of rotatable bonds is 9. The van der Waals surface area contributed by atoms with Crippen LogP contribution in [-0.4, -0.2) is 53.8 Å². The van der Waals surface area contributed by atoms with Gasteiger partial charge in [-0.3, -0.25) is 9.59 Å². The van der Waals surface area contributed by atoms with Crippen LogP contribution in [0, 0.1) is 5.92 Å². The van der Waals surface area contributed by atoms with E-state index in [1.807, 2.05) is 65.6 Å². The first-order chi connectivity index (χ1) is 21.5. The van der Waals surface area contributed by atoms with E-state index in [1.54, 1.807) is 36.0 Å². The summed E-state index contributed by atoms with van der Waals surface area (Å²) in [5, 5.41) is 0. The van der Waals surface area contributed by atoms with Crippen LogP contribution in [0.25, 0.3) is 0 Å². The number of esters is 2. The Labute approximate surface area is 262 Å². The molecule has 4 atom stereocenters. The zero-order chi connectivity index (χ0) is 30.5. The number of fused-ring (bicyclic) bond motifs is 2. The molecule has 0 radical (unpaired) electrons. The van der Waals surface area contributed by atoms with Gasteiger partial charge in [-0.15, -0.1) is 11.8 Å². The van der Waals surface area contributed by atoms with Crippen molar-refractivity contribution in [3.63, 3.8) is 0 Å². The Balaban J connectivity index is 1.29. The number of thioether (sulfide) groups is 1. The first-order valence-corrected chi connectivity index (χ1v) is 16.0. The minimum Gasteiger partial charge on any atom is -0.469 e. The number of carbonyl (C=O) groups is 3. The van der Waals surface area contributed by atoms with E-state index in [1.165, 1.54) is 7.11 Å². The maximum absolute atomic E-state index is 14.3. The summed E-state index contributed by atoms with van der Waals surface area (Å²) in [7, 11) is 1.34. The second kappa shape index (κ2) is 13.1. The standard InChI is InChI=1S/C37H35NO5S/c1-42-36(41)34-31-23-22-30(24-32(34)43-35(40)26-14-6-2-7-15-26)38(31)33(39)25-44-37(27-16-8-3-9-17-27,28-18-10-4-11-19-28)29-20-12-5-13-21-29/h2-21,30-32,34H,22-25H2,1H3/t30?,31?,32-,34+/m0/s1. The first-order valence-electron chi connectivity index (χ1n) is 15.0. The van der Waals surface area contributed by atoms with Gasteiger partial charge in [0, 0.05) is 18.5 Å². The third-order valence-corrected chi connectivity index (χ3v) is 10.4. The van der Waals surface area contributed by atoms with Gasteiger partial charge in [0.05, 0.1) is 23.2 Å². The van der Waals surface area contributed by atoms with Crippen molar-refractivity contribution in [2.75, 3.05) is 12.9 Å². The normalized spacial score (nSPS) is 21.0. The molecular weight excluding hydrogens is 570 g/mol. The quantitative estimate of drug-likeness (QED) is 0.160. The molecule has 2 aliphatic heterocycles. The molecule has 2 heterocycles. The molecule has 2 fully saturated rings. The van der Waals surface area contributed by atoms with Gasteiger partial charge in [0.15, 0.2) is 0 Å². The van der Waals surface area contributed by atoms with Crippen LogP contribution in [0.3, 0.4) is 0 Å². The van der Waals surface area contributed by atoms with Gasteiger partial charge in [-0.2, -0.15) is 0 Å². The van der Waals surface area contributed by atoms with Crippen molar-refractivity contribution >= 4 is 29.6 Å². The Morgan fingerprint density at radius 3 is 1.75 bits per heavy atom. The Morgan fingerprint density at radius 2 is 1.25 bits per heavy atom. The van der Waals surface area contributed by atoms with Crippen LogP contribution in [0.4, 0.5) is 0 Å². The van der Waals surface area contributed by atoms with E-state index in [2.05, 4.69) is 36.4 Å². The molecule has 0 aromatic heterocycles. The fraction of sp³-hybridized carbons (Fsp3) is 0.270. The Kier molecular flexibility index (Phi) is 8.84. The lowest BCUT2D eigenvalue weighted by Gasteiger charge is -2.43. The lowest BCUT2D eigenvalue weighted by molar-refractivity contribution is -0.159. The monoisotopic (exact) mass is 605 g/mol. The first kappa shape index (κ1) is 29.7. The lowest BCUT2D eigenvalue weighted by atomic mass is 9.84. The zero-order valence-electron chi connectivity index (χ0n) is 24.6. The Bertz CT molecular complexity index is 1490. The molecule has 44 heavy (non-hydrogen) atoms. The molecule has 2 unspecified atom stereocenters. The average molecular weight is 606 g/mol. The molecule has 7 heteroatoms. The fourth-order valence-corrected chi connectivity index (χ4v) is 8.30. The predicted octanol–water partition coefficient (Wildman–Crippen LogP) is 6.49. The summed E-state index contributed by atoms with van der Waals surface area (Å²) >= 11 is 1.59. The van der Waals surface area contributed by atoms with Gasteiger partial charge in [0.1, 0.15) is 12.0 Å². The van der Waals surface area contributed by atoms with Crippen molar-refractivity contribution in [2.45, 2.75) is 42.2 Å². The zero-order valence-corrected chi connectivity index (χ0v) is 25.4. The van der Waals surface area contributed by atoms with E-state index in [9.17, 15) is 14.4 Å². The van der Waals surface area contributed by atoms with Crippen molar-refractivity contribution in [3.05, 3.63) is 144 Å². The molecule has 2 aliphatic rings. The smallest absolute Gasteiger partial charge is 0.338 e. The van der Waals surface area contributed by atoms with Crippen LogP contribution in [0.2, 0.25) is 0 Å². The van der Waals surface area contributed by atoms with Crippen LogP contribution in [0.5, 0.6) is 0 Å². The predicted molar refractivity (Wildman–Crippen MR) is 171 cm³/mol. The van der Waals surface area contributed by atoms with Crippen LogP contribution in [0.15, 0.2) is 121 Å². The molecular formula is C37H35NO5S. The summed E-state index contributed by atoms with van der Waals surface area (Å²) in [5.74, 6) is -1.51. The van der Waals surface area contributed by atoms with E-state index in [0.717, 1.165) is 23.1 Å². The number of carbonyl (C=O) groups excluding carboxylic acids is 3. The number of piperidine rings is 1. The molecule has 6 rings (SSSR count). The van der Waals surface area contributed by atoms with Crippen molar-refractivity contribution in [2.24, 2.45) is 5.92 Å². The van der Waals surface area contributed by atoms with E-state index in [-0.39, 0.29) is 17.7 Å². The summed E-state index contributed by atoms with van der Waals surface area (Å²) in [6.07, 6.45) is 1.13. The summed E-state index contributed by atoms with van der Waals surface area (Å²) in [6.45, 7) is 0. The van der Waals surface area contributed by atoms with E-state index >= 15 is 0 Å². The van der Waals surface area contributed by atoms with Crippen LogP contribution in [-0.2, 0) is 23.8 Å². The molecule has 0 N–H and O–H groups in total. The highest BCUT2D eigenvalue weighted by atomic mass is 32.2. The molecule has 2 bridgehead atoms. The molecule has 0 aliphatic carbocycles. The van der Waals surface area contributed by atoms with Crippen molar-refractivity contribution in [1.29, 1.82) is 0 Å². The number of hydrogen-bond acceptors (Lipinski definition) is 6.